The molecule has 5 rings (SSSR count). The number of ether oxygens (including phenoxy) is 2. The first-order valence-corrected chi connectivity index (χ1v) is 11.2. The molecule has 0 N–H and O–H groups in total. The van der Waals surface area contributed by atoms with Crippen LogP contribution in [0.4, 0.5) is 0 Å². The van der Waals surface area contributed by atoms with Gasteiger partial charge >= 0.3 is 5.97 Å². The van der Waals surface area contributed by atoms with Crippen LogP contribution in [-0.2, 0) is 16.1 Å². The Morgan fingerprint density at radius 1 is 0.875 bits per heavy atom. The summed E-state index contributed by atoms with van der Waals surface area (Å²) in [5, 5.41) is 2.19. The SMILES string of the molecule is O=C1OC(c2ccc3ccccc3c2)=N/C1=C\c1cccc(OCc2ccc(I)cc2)c1. The summed E-state index contributed by atoms with van der Waals surface area (Å²) in [5.41, 5.74) is 2.96. The van der Waals surface area contributed by atoms with Crippen molar-refractivity contribution in [3.05, 3.63) is 117 Å². The van der Waals surface area contributed by atoms with Crippen molar-refractivity contribution in [3.63, 3.8) is 0 Å². The van der Waals surface area contributed by atoms with E-state index >= 15 is 0 Å². The lowest BCUT2D eigenvalue weighted by molar-refractivity contribution is -0.129. The van der Waals surface area contributed by atoms with Crippen LogP contribution in [-0.4, -0.2) is 11.9 Å². The van der Waals surface area contributed by atoms with Gasteiger partial charge in [0.2, 0.25) is 5.90 Å². The Morgan fingerprint density at radius 3 is 2.53 bits per heavy atom. The van der Waals surface area contributed by atoms with E-state index in [1.54, 1.807) is 6.08 Å². The number of halogens is 1. The topological polar surface area (TPSA) is 47.9 Å². The van der Waals surface area contributed by atoms with Crippen molar-refractivity contribution in [1.82, 2.24) is 0 Å². The molecule has 4 nitrogen and oxygen atoms in total. The maximum atomic E-state index is 12.4. The molecule has 0 bridgehead atoms. The van der Waals surface area contributed by atoms with Gasteiger partial charge in [0.25, 0.3) is 0 Å². The number of carbonyl (C=O) groups is 1. The molecule has 0 saturated carbocycles. The molecule has 1 heterocycles. The van der Waals surface area contributed by atoms with Crippen molar-refractivity contribution >= 4 is 51.3 Å². The molecule has 4 aromatic rings. The summed E-state index contributed by atoms with van der Waals surface area (Å²) in [6.07, 6.45) is 1.72. The van der Waals surface area contributed by atoms with Crippen molar-refractivity contribution in [2.75, 3.05) is 0 Å². The first-order valence-electron chi connectivity index (χ1n) is 10.1. The predicted octanol–water partition coefficient (Wildman–Crippen LogP) is 6.37. The number of cyclic esters (lactones) is 1. The third-order valence-electron chi connectivity index (χ3n) is 5.10. The maximum absolute atomic E-state index is 12.4. The lowest BCUT2D eigenvalue weighted by Gasteiger charge is -2.07. The summed E-state index contributed by atoms with van der Waals surface area (Å²) in [4.78, 5) is 16.8. The van der Waals surface area contributed by atoms with E-state index in [0.29, 0.717) is 12.5 Å². The van der Waals surface area contributed by atoms with Crippen LogP contribution in [0.2, 0.25) is 0 Å². The number of rotatable bonds is 5. The highest BCUT2D eigenvalue weighted by atomic mass is 127. The van der Waals surface area contributed by atoms with E-state index in [-0.39, 0.29) is 5.70 Å². The summed E-state index contributed by atoms with van der Waals surface area (Å²) in [6, 6.07) is 29.7. The van der Waals surface area contributed by atoms with E-state index < -0.39 is 5.97 Å². The fourth-order valence-electron chi connectivity index (χ4n) is 3.45. The Kier molecular flexibility index (Phi) is 5.73. The van der Waals surface area contributed by atoms with Crippen LogP contribution in [0.3, 0.4) is 0 Å². The Hall–Kier alpha value is -3.45. The normalized spacial score (nSPS) is 14.5. The summed E-state index contributed by atoms with van der Waals surface area (Å²) in [6.45, 7) is 0.475. The number of carbonyl (C=O) groups excluding carboxylic acids is 1. The highest BCUT2D eigenvalue weighted by molar-refractivity contribution is 14.1. The van der Waals surface area contributed by atoms with Crippen LogP contribution in [0.15, 0.2) is 102 Å². The molecular formula is C27H18INO3. The van der Waals surface area contributed by atoms with Gasteiger partial charge < -0.3 is 9.47 Å². The molecule has 4 aromatic carbocycles. The van der Waals surface area contributed by atoms with Crippen LogP contribution < -0.4 is 4.74 Å². The van der Waals surface area contributed by atoms with Crippen molar-refractivity contribution in [2.24, 2.45) is 4.99 Å². The standard InChI is InChI=1S/C27H18INO3/c28-23-12-8-18(9-13-23)17-31-24-7-3-4-19(14-24)15-25-27(30)32-26(29-25)22-11-10-20-5-1-2-6-21(20)16-22/h1-16H,17H2/b25-15-. The Bertz CT molecular complexity index is 1370. The monoisotopic (exact) mass is 531 g/mol. The second kappa shape index (κ2) is 8.96. The molecule has 156 valence electrons. The molecule has 0 amide bonds. The third kappa shape index (κ3) is 4.57. The molecule has 1 aliphatic heterocycles. The fourth-order valence-corrected chi connectivity index (χ4v) is 3.81. The molecule has 0 radical (unpaired) electrons. The van der Waals surface area contributed by atoms with E-state index in [4.69, 9.17) is 9.47 Å². The minimum atomic E-state index is -0.460. The Morgan fingerprint density at radius 2 is 1.69 bits per heavy atom. The van der Waals surface area contributed by atoms with Crippen LogP contribution in [0.1, 0.15) is 16.7 Å². The fraction of sp³-hybridized carbons (Fsp3) is 0.0370. The molecule has 1 aliphatic rings. The number of hydrogen-bond acceptors (Lipinski definition) is 4. The molecule has 0 saturated heterocycles. The van der Waals surface area contributed by atoms with Crippen molar-refractivity contribution in [3.8, 4) is 5.75 Å². The number of esters is 1. The second-order valence-electron chi connectivity index (χ2n) is 7.39. The van der Waals surface area contributed by atoms with Gasteiger partial charge in [-0.2, -0.15) is 0 Å². The summed E-state index contributed by atoms with van der Waals surface area (Å²) in [5.74, 6) is 0.583. The molecule has 0 spiro atoms. The number of benzene rings is 4. The van der Waals surface area contributed by atoms with Crippen LogP contribution in [0, 0.1) is 3.57 Å². The van der Waals surface area contributed by atoms with Gasteiger partial charge in [0.05, 0.1) is 0 Å². The minimum Gasteiger partial charge on any atom is -0.489 e. The van der Waals surface area contributed by atoms with Gasteiger partial charge in [0.1, 0.15) is 12.4 Å². The number of nitrogens with zero attached hydrogens (tertiary/aromatic N) is 1. The third-order valence-corrected chi connectivity index (χ3v) is 5.82. The van der Waals surface area contributed by atoms with E-state index in [9.17, 15) is 4.79 Å². The van der Waals surface area contributed by atoms with Gasteiger partial charge in [-0.1, -0.05) is 54.6 Å². The molecule has 32 heavy (non-hydrogen) atoms. The van der Waals surface area contributed by atoms with Crippen molar-refractivity contribution in [2.45, 2.75) is 6.61 Å². The van der Waals surface area contributed by atoms with Gasteiger partial charge in [0.15, 0.2) is 5.70 Å². The van der Waals surface area contributed by atoms with E-state index in [0.717, 1.165) is 33.2 Å². The van der Waals surface area contributed by atoms with Gasteiger partial charge in [-0.05, 0) is 87.0 Å². The molecule has 5 heteroatoms. The van der Waals surface area contributed by atoms with E-state index in [2.05, 4.69) is 39.7 Å². The van der Waals surface area contributed by atoms with Crippen LogP contribution in [0.5, 0.6) is 5.75 Å². The summed E-state index contributed by atoms with van der Waals surface area (Å²) in [7, 11) is 0. The molecular weight excluding hydrogens is 513 g/mol. The Labute approximate surface area is 199 Å². The average Bonchev–Trinajstić information content (AvgIpc) is 3.18. The summed E-state index contributed by atoms with van der Waals surface area (Å²) >= 11 is 2.28. The lowest BCUT2D eigenvalue weighted by Crippen LogP contribution is -2.05. The van der Waals surface area contributed by atoms with E-state index in [1.165, 1.54) is 3.57 Å². The van der Waals surface area contributed by atoms with Crippen LogP contribution in [0.25, 0.3) is 16.8 Å². The van der Waals surface area contributed by atoms with Gasteiger partial charge in [0, 0.05) is 9.13 Å². The lowest BCUT2D eigenvalue weighted by atomic mass is 10.1. The zero-order valence-electron chi connectivity index (χ0n) is 17.0. The van der Waals surface area contributed by atoms with Gasteiger partial charge in [-0.15, -0.1) is 0 Å². The van der Waals surface area contributed by atoms with Gasteiger partial charge in [-0.25, -0.2) is 9.79 Å². The summed E-state index contributed by atoms with van der Waals surface area (Å²) < 4.78 is 12.5. The number of aliphatic imine (C=N–C) groups is 1. The second-order valence-corrected chi connectivity index (χ2v) is 8.63. The predicted molar refractivity (Wildman–Crippen MR) is 134 cm³/mol. The smallest absolute Gasteiger partial charge is 0.363 e. The first-order chi connectivity index (χ1) is 15.6. The molecule has 0 unspecified atom stereocenters. The minimum absolute atomic E-state index is 0.267. The maximum Gasteiger partial charge on any atom is 0.363 e. The average molecular weight is 531 g/mol. The number of fused-ring (bicyclic) bond motifs is 1. The molecule has 0 fully saturated rings. The molecule has 0 atom stereocenters. The van der Waals surface area contributed by atoms with Crippen molar-refractivity contribution < 1.29 is 14.3 Å². The Balaban J connectivity index is 1.35. The zero-order valence-corrected chi connectivity index (χ0v) is 19.2. The quantitative estimate of drug-likeness (QED) is 0.171. The van der Waals surface area contributed by atoms with Gasteiger partial charge in [-0.3, -0.25) is 0 Å². The first kappa shape index (κ1) is 20.5. The zero-order chi connectivity index (χ0) is 21.9. The largest absolute Gasteiger partial charge is 0.489 e. The van der Waals surface area contributed by atoms with Crippen LogP contribution >= 0.6 is 22.6 Å². The number of hydrogen-bond donors (Lipinski definition) is 0. The molecule has 0 aliphatic carbocycles. The highest BCUT2D eigenvalue weighted by Crippen LogP contribution is 2.24. The highest BCUT2D eigenvalue weighted by Gasteiger charge is 2.24. The van der Waals surface area contributed by atoms with Crippen molar-refractivity contribution in [1.29, 1.82) is 0 Å². The van der Waals surface area contributed by atoms with E-state index in [1.807, 2.05) is 78.9 Å². The molecule has 0 aromatic heterocycles.